The van der Waals surface area contributed by atoms with Crippen LogP contribution in [0.15, 0.2) is 54.6 Å². The van der Waals surface area contributed by atoms with E-state index in [1.54, 1.807) is 0 Å². The minimum atomic E-state index is -0.544. The molecule has 4 aromatic rings. The standard InChI is InChI=1S/C24H16O11/c25-10-1-11(26)3-13(2-10)32-19-9-21-20(8-15(19)28)35-24-18(31)6-14(7-22(24)34-21)33-23-16(29)4-12(27)5-17(23)30/h1-9,25-31H. The van der Waals surface area contributed by atoms with Crippen molar-refractivity contribution < 1.29 is 54.7 Å². The van der Waals surface area contributed by atoms with Crippen LogP contribution >= 0.6 is 0 Å². The Hall–Kier alpha value is -5.32. The van der Waals surface area contributed by atoms with Crippen molar-refractivity contribution in [2.75, 3.05) is 0 Å². The summed E-state index contributed by atoms with van der Waals surface area (Å²) in [5, 5.41) is 69.3. The van der Waals surface area contributed by atoms with E-state index < -0.39 is 17.2 Å². The van der Waals surface area contributed by atoms with E-state index in [1.807, 2.05) is 0 Å². The fourth-order valence-electron chi connectivity index (χ4n) is 3.36. The average Bonchev–Trinajstić information content (AvgIpc) is 2.75. The van der Waals surface area contributed by atoms with E-state index in [9.17, 15) is 35.7 Å². The minimum absolute atomic E-state index is 0.00287. The van der Waals surface area contributed by atoms with E-state index in [4.69, 9.17) is 18.9 Å². The summed E-state index contributed by atoms with van der Waals surface area (Å²) in [7, 11) is 0. The lowest BCUT2D eigenvalue weighted by Crippen LogP contribution is -2.00. The van der Waals surface area contributed by atoms with Crippen LogP contribution in [0.1, 0.15) is 0 Å². The molecular formula is C24H16O11. The first kappa shape index (κ1) is 21.5. The molecule has 5 rings (SSSR count). The maximum absolute atomic E-state index is 10.4. The summed E-state index contributed by atoms with van der Waals surface area (Å²) in [6.07, 6.45) is 0. The lowest BCUT2D eigenvalue weighted by Gasteiger charge is -2.23. The third-order valence-corrected chi connectivity index (χ3v) is 4.82. The van der Waals surface area contributed by atoms with Crippen molar-refractivity contribution in [2.24, 2.45) is 0 Å². The van der Waals surface area contributed by atoms with Gasteiger partial charge in [0.2, 0.25) is 11.5 Å². The molecule has 0 fully saturated rings. The molecule has 0 amide bonds. The van der Waals surface area contributed by atoms with Crippen LogP contribution < -0.4 is 18.9 Å². The van der Waals surface area contributed by atoms with Crippen LogP contribution in [0.4, 0.5) is 0 Å². The van der Waals surface area contributed by atoms with Gasteiger partial charge in [0.1, 0.15) is 28.7 Å². The van der Waals surface area contributed by atoms with Gasteiger partial charge in [-0.25, -0.2) is 0 Å². The number of fused-ring (bicyclic) bond motifs is 2. The highest BCUT2D eigenvalue weighted by Gasteiger charge is 2.26. The summed E-state index contributed by atoms with van der Waals surface area (Å²) in [4.78, 5) is 0. The second-order valence-corrected chi connectivity index (χ2v) is 7.44. The molecule has 1 heterocycles. The minimum Gasteiger partial charge on any atom is -0.508 e. The number of phenolic OH excluding ortho intramolecular Hbond substituents is 7. The molecule has 1 aliphatic rings. The molecule has 11 nitrogen and oxygen atoms in total. The summed E-state index contributed by atoms with van der Waals surface area (Å²) in [6.45, 7) is 0. The molecule has 0 aliphatic carbocycles. The summed E-state index contributed by atoms with van der Waals surface area (Å²) in [6, 6.07) is 10.4. The molecule has 7 N–H and O–H groups in total. The van der Waals surface area contributed by atoms with E-state index in [2.05, 4.69) is 0 Å². The van der Waals surface area contributed by atoms with Crippen molar-refractivity contribution in [2.45, 2.75) is 0 Å². The van der Waals surface area contributed by atoms with Crippen LogP contribution in [-0.2, 0) is 0 Å². The Kier molecular flexibility index (Phi) is 4.87. The molecule has 11 heteroatoms. The van der Waals surface area contributed by atoms with E-state index >= 15 is 0 Å². The van der Waals surface area contributed by atoms with Crippen LogP contribution in [0.5, 0.6) is 86.2 Å². The molecule has 178 valence electrons. The number of benzene rings is 4. The average molecular weight is 480 g/mol. The number of ether oxygens (including phenoxy) is 4. The summed E-state index contributed by atoms with van der Waals surface area (Å²) in [5.74, 6) is -3.14. The predicted octanol–water partition coefficient (Wildman–Crippen LogP) is 5.11. The molecule has 0 aromatic heterocycles. The third-order valence-electron chi connectivity index (χ3n) is 4.82. The maximum atomic E-state index is 10.4. The Morgan fingerprint density at radius 1 is 0.457 bits per heavy atom. The predicted molar refractivity (Wildman–Crippen MR) is 118 cm³/mol. The van der Waals surface area contributed by atoms with Gasteiger partial charge in [-0.2, -0.15) is 0 Å². The summed E-state index contributed by atoms with van der Waals surface area (Å²) < 4.78 is 22.4. The molecule has 1 aliphatic heterocycles. The molecule has 0 spiro atoms. The molecule has 0 atom stereocenters. The van der Waals surface area contributed by atoms with Gasteiger partial charge in [0, 0.05) is 54.6 Å². The smallest absolute Gasteiger partial charge is 0.211 e. The van der Waals surface area contributed by atoms with Crippen molar-refractivity contribution >= 4 is 0 Å². The summed E-state index contributed by atoms with van der Waals surface area (Å²) in [5.41, 5.74) is 0. The van der Waals surface area contributed by atoms with Gasteiger partial charge in [-0.05, 0) is 0 Å². The SMILES string of the molecule is Oc1cc(O)cc(Oc2cc3c(cc2O)Oc2c(O)cc(Oc4c(O)cc(O)cc4O)cc2O3)c1. The molecular weight excluding hydrogens is 464 g/mol. The van der Waals surface area contributed by atoms with Gasteiger partial charge in [-0.15, -0.1) is 0 Å². The topological polar surface area (TPSA) is 179 Å². The van der Waals surface area contributed by atoms with Gasteiger partial charge in [-0.3, -0.25) is 0 Å². The van der Waals surface area contributed by atoms with Crippen LogP contribution in [-0.4, -0.2) is 35.7 Å². The molecule has 0 bridgehead atoms. The first-order valence-corrected chi connectivity index (χ1v) is 9.89. The Balaban J connectivity index is 1.46. The van der Waals surface area contributed by atoms with Crippen molar-refractivity contribution in [3.8, 4) is 86.2 Å². The number of rotatable bonds is 4. The van der Waals surface area contributed by atoms with Gasteiger partial charge in [0.25, 0.3) is 0 Å². The molecule has 35 heavy (non-hydrogen) atoms. The monoisotopic (exact) mass is 480 g/mol. The highest BCUT2D eigenvalue weighted by atomic mass is 16.6. The zero-order valence-electron chi connectivity index (χ0n) is 17.5. The lowest BCUT2D eigenvalue weighted by atomic mass is 10.2. The number of phenols is 7. The Morgan fingerprint density at radius 3 is 1.74 bits per heavy atom. The molecule has 4 aromatic carbocycles. The quantitative estimate of drug-likeness (QED) is 0.182. The summed E-state index contributed by atoms with van der Waals surface area (Å²) >= 11 is 0. The second-order valence-electron chi connectivity index (χ2n) is 7.44. The normalized spacial score (nSPS) is 11.5. The zero-order chi connectivity index (χ0) is 24.9. The van der Waals surface area contributed by atoms with Crippen molar-refractivity contribution in [1.82, 2.24) is 0 Å². The second kappa shape index (κ2) is 7.92. The lowest BCUT2D eigenvalue weighted by molar-refractivity contribution is 0.324. The van der Waals surface area contributed by atoms with E-state index in [-0.39, 0.29) is 69.0 Å². The van der Waals surface area contributed by atoms with Crippen LogP contribution in [0.2, 0.25) is 0 Å². The maximum Gasteiger partial charge on any atom is 0.211 e. The Bertz CT molecular complexity index is 1440. The Morgan fingerprint density at radius 2 is 1.06 bits per heavy atom. The van der Waals surface area contributed by atoms with Gasteiger partial charge in [0.05, 0.1) is 0 Å². The van der Waals surface area contributed by atoms with E-state index in [0.29, 0.717) is 0 Å². The van der Waals surface area contributed by atoms with Crippen LogP contribution in [0.3, 0.4) is 0 Å². The first-order chi connectivity index (χ1) is 16.7. The van der Waals surface area contributed by atoms with Crippen molar-refractivity contribution in [3.05, 3.63) is 54.6 Å². The number of aromatic hydroxyl groups is 7. The molecule has 0 unspecified atom stereocenters. The van der Waals surface area contributed by atoms with Gasteiger partial charge >= 0.3 is 0 Å². The zero-order valence-corrected chi connectivity index (χ0v) is 17.5. The van der Waals surface area contributed by atoms with Crippen molar-refractivity contribution in [3.63, 3.8) is 0 Å². The van der Waals surface area contributed by atoms with Crippen LogP contribution in [0.25, 0.3) is 0 Å². The molecule has 0 radical (unpaired) electrons. The van der Waals surface area contributed by atoms with E-state index in [0.717, 1.165) is 24.3 Å². The van der Waals surface area contributed by atoms with Crippen LogP contribution in [0, 0.1) is 0 Å². The first-order valence-electron chi connectivity index (χ1n) is 9.89. The Labute approximate surface area is 196 Å². The third kappa shape index (κ3) is 4.09. The largest absolute Gasteiger partial charge is 0.508 e. The highest BCUT2D eigenvalue weighted by Crippen LogP contribution is 2.54. The number of hydrogen-bond donors (Lipinski definition) is 7. The van der Waals surface area contributed by atoms with Crippen molar-refractivity contribution in [1.29, 1.82) is 0 Å². The van der Waals surface area contributed by atoms with Gasteiger partial charge in [0.15, 0.2) is 46.0 Å². The fourth-order valence-corrected chi connectivity index (χ4v) is 3.36. The molecule has 0 saturated carbocycles. The fraction of sp³-hybridized carbons (Fsp3) is 0. The number of hydrogen-bond acceptors (Lipinski definition) is 11. The molecule has 0 saturated heterocycles. The van der Waals surface area contributed by atoms with E-state index in [1.165, 1.54) is 30.3 Å². The highest BCUT2D eigenvalue weighted by molar-refractivity contribution is 5.66. The van der Waals surface area contributed by atoms with Gasteiger partial charge < -0.3 is 54.7 Å². The van der Waals surface area contributed by atoms with Gasteiger partial charge in [-0.1, -0.05) is 0 Å².